The van der Waals surface area contributed by atoms with Gasteiger partial charge in [0.05, 0.1) is 6.26 Å². The number of benzene rings is 1. The van der Waals surface area contributed by atoms with Crippen molar-refractivity contribution in [3.63, 3.8) is 0 Å². The summed E-state index contributed by atoms with van der Waals surface area (Å²) in [5, 5.41) is 9.04. The number of hydrogen-bond donors (Lipinski definition) is 2. The van der Waals surface area contributed by atoms with E-state index in [2.05, 4.69) is 4.72 Å². The normalized spacial score (nSPS) is 13.6. The monoisotopic (exact) mass is 271 g/mol. The molecule has 0 fully saturated rings. The highest BCUT2D eigenvalue weighted by molar-refractivity contribution is 7.88. The maximum atomic E-state index is 11.1. The first-order valence-electron chi connectivity index (χ1n) is 5.50. The molecule has 0 heterocycles. The number of carboxylic acids is 1. The first-order chi connectivity index (χ1) is 8.20. The smallest absolute Gasteiger partial charge is 0.326 e. The molecule has 2 N–H and O–H groups in total. The van der Waals surface area contributed by atoms with Crippen LogP contribution < -0.4 is 4.72 Å². The first-order valence-corrected chi connectivity index (χ1v) is 7.40. The van der Waals surface area contributed by atoms with Crippen molar-refractivity contribution in [3.8, 4) is 0 Å². The Morgan fingerprint density at radius 3 is 1.94 bits per heavy atom. The summed E-state index contributed by atoms with van der Waals surface area (Å²) in [5.41, 5.74) is 1.49. The van der Waals surface area contributed by atoms with E-state index in [1.165, 1.54) is 0 Å². The van der Waals surface area contributed by atoms with Crippen LogP contribution in [0.4, 0.5) is 0 Å². The Hall–Kier alpha value is -1.40. The van der Waals surface area contributed by atoms with E-state index in [0.717, 1.165) is 11.8 Å². The molecule has 100 valence electrons. The van der Waals surface area contributed by atoms with E-state index in [-0.39, 0.29) is 0 Å². The third-order valence-corrected chi connectivity index (χ3v) is 3.18. The van der Waals surface area contributed by atoms with Crippen LogP contribution in [0, 0.1) is 0 Å². The summed E-state index contributed by atoms with van der Waals surface area (Å²) in [4.78, 5) is 11.1. The van der Waals surface area contributed by atoms with E-state index in [1.54, 1.807) is 24.3 Å². The van der Waals surface area contributed by atoms with E-state index in [0.29, 0.717) is 11.5 Å². The number of carboxylic acid groups (broad SMARTS) is 1. The molecule has 0 radical (unpaired) electrons. The van der Waals surface area contributed by atoms with E-state index in [4.69, 9.17) is 5.11 Å². The first kappa shape index (κ1) is 14.7. The zero-order valence-corrected chi connectivity index (χ0v) is 11.4. The van der Waals surface area contributed by atoms with Crippen LogP contribution in [-0.2, 0) is 14.8 Å². The van der Waals surface area contributed by atoms with Gasteiger partial charge in [-0.15, -0.1) is 0 Å². The quantitative estimate of drug-likeness (QED) is 0.849. The number of rotatable bonds is 5. The molecule has 18 heavy (non-hydrogen) atoms. The van der Waals surface area contributed by atoms with Gasteiger partial charge in [0.1, 0.15) is 6.04 Å². The molecule has 6 heteroatoms. The predicted octanol–water partition coefficient (Wildman–Crippen LogP) is 1.48. The largest absolute Gasteiger partial charge is 0.480 e. The number of carbonyl (C=O) groups is 1. The SMILES string of the molecule is CC(C)c1ccc(C(NS(C)(=O)=O)C(=O)O)cc1. The second-order valence-electron chi connectivity index (χ2n) is 4.48. The van der Waals surface area contributed by atoms with Crippen molar-refractivity contribution in [2.24, 2.45) is 0 Å². The maximum Gasteiger partial charge on any atom is 0.326 e. The fourth-order valence-corrected chi connectivity index (χ4v) is 2.21. The third kappa shape index (κ3) is 4.12. The lowest BCUT2D eigenvalue weighted by Crippen LogP contribution is -2.32. The van der Waals surface area contributed by atoms with Gasteiger partial charge in [0.15, 0.2) is 0 Å². The molecule has 1 unspecified atom stereocenters. The average Bonchev–Trinajstić information content (AvgIpc) is 2.24. The molecule has 1 atom stereocenters. The van der Waals surface area contributed by atoms with Crippen molar-refractivity contribution in [2.45, 2.75) is 25.8 Å². The van der Waals surface area contributed by atoms with Crippen LogP contribution in [0.2, 0.25) is 0 Å². The topological polar surface area (TPSA) is 83.5 Å². The van der Waals surface area contributed by atoms with Gasteiger partial charge in [-0.2, -0.15) is 4.72 Å². The van der Waals surface area contributed by atoms with Gasteiger partial charge >= 0.3 is 5.97 Å². The Bertz CT molecular complexity index is 520. The molecule has 1 aromatic carbocycles. The second-order valence-corrected chi connectivity index (χ2v) is 6.26. The summed E-state index contributed by atoms with van der Waals surface area (Å²) in [5.74, 6) is -0.886. The van der Waals surface area contributed by atoms with Gasteiger partial charge in [0.25, 0.3) is 0 Å². The highest BCUT2D eigenvalue weighted by Crippen LogP contribution is 2.19. The molecule has 0 saturated heterocycles. The summed E-state index contributed by atoms with van der Waals surface area (Å²) in [6, 6.07) is 5.62. The zero-order valence-electron chi connectivity index (χ0n) is 10.5. The minimum absolute atomic E-state index is 0.338. The minimum atomic E-state index is -3.57. The van der Waals surface area contributed by atoms with Crippen molar-refractivity contribution in [3.05, 3.63) is 35.4 Å². The van der Waals surface area contributed by atoms with Gasteiger partial charge in [-0.1, -0.05) is 38.1 Å². The van der Waals surface area contributed by atoms with Crippen LogP contribution in [0.1, 0.15) is 36.9 Å². The molecule has 0 aromatic heterocycles. The minimum Gasteiger partial charge on any atom is -0.480 e. The molecule has 0 spiro atoms. The molecule has 0 aliphatic carbocycles. The fraction of sp³-hybridized carbons (Fsp3) is 0.417. The molecule has 0 aliphatic rings. The molecule has 0 aliphatic heterocycles. The van der Waals surface area contributed by atoms with Gasteiger partial charge in [-0.05, 0) is 17.0 Å². The van der Waals surface area contributed by atoms with Crippen molar-refractivity contribution in [1.29, 1.82) is 0 Å². The average molecular weight is 271 g/mol. The summed E-state index contributed by atoms with van der Waals surface area (Å²) in [6.07, 6.45) is 0.936. The summed E-state index contributed by atoms with van der Waals surface area (Å²) in [7, 11) is -3.57. The van der Waals surface area contributed by atoms with Gasteiger partial charge in [0.2, 0.25) is 10.0 Å². The lowest BCUT2D eigenvalue weighted by molar-refractivity contribution is -0.139. The van der Waals surface area contributed by atoms with Crippen LogP contribution in [-0.4, -0.2) is 25.7 Å². The van der Waals surface area contributed by atoms with Crippen molar-refractivity contribution in [1.82, 2.24) is 4.72 Å². The zero-order chi connectivity index (χ0) is 13.9. The summed E-state index contributed by atoms with van der Waals surface area (Å²) < 4.78 is 24.3. The fourth-order valence-electron chi connectivity index (χ4n) is 1.55. The highest BCUT2D eigenvalue weighted by Gasteiger charge is 2.23. The van der Waals surface area contributed by atoms with Crippen molar-refractivity contribution < 1.29 is 18.3 Å². The Morgan fingerprint density at radius 2 is 1.61 bits per heavy atom. The van der Waals surface area contributed by atoms with Crippen LogP contribution in [0.5, 0.6) is 0 Å². The van der Waals surface area contributed by atoms with Crippen molar-refractivity contribution in [2.75, 3.05) is 6.26 Å². The standard InChI is InChI=1S/C12H17NO4S/c1-8(2)9-4-6-10(7-5-9)11(12(14)15)13-18(3,16)17/h4-8,11,13H,1-3H3,(H,14,15). The molecular formula is C12H17NO4S. The molecule has 0 saturated carbocycles. The number of sulfonamides is 1. The highest BCUT2D eigenvalue weighted by atomic mass is 32.2. The van der Waals surface area contributed by atoms with E-state index < -0.39 is 22.0 Å². The Balaban J connectivity index is 3.04. The predicted molar refractivity (Wildman–Crippen MR) is 68.9 cm³/mol. The van der Waals surface area contributed by atoms with E-state index in [9.17, 15) is 13.2 Å². The van der Waals surface area contributed by atoms with Crippen molar-refractivity contribution >= 4 is 16.0 Å². The van der Waals surface area contributed by atoms with E-state index >= 15 is 0 Å². The van der Waals surface area contributed by atoms with Crippen LogP contribution in [0.3, 0.4) is 0 Å². The molecule has 0 amide bonds. The van der Waals surface area contributed by atoms with Crippen LogP contribution in [0.15, 0.2) is 24.3 Å². The van der Waals surface area contributed by atoms with Gasteiger partial charge < -0.3 is 5.11 Å². The molecule has 1 aromatic rings. The van der Waals surface area contributed by atoms with Crippen LogP contribution >= 0.6 is 0 Å². The van der Waals surface area contributed by atoms with Gasteiger partial charge in [-0.25, -0.2) is 8.42 Å². The lowest BCUT2D eigenvalue weighted by Gasteiger charge is -2.14. The van der Waals surface area contributed by atoms with Crippen LogP contribution in [0.25, 0.3) is 0 Å². The number of aliphatic carboxylic acids is 1. The Morgan fingerprint density at radius 1 is 1.17 bits per heavy atom. The third-order valence-electron chi connectivity index (χ3n) is 2.52. The summed E-state index contributed by atoms with van der Waals surface area (Å²) >= 11 is 0. The number of nitrogens with one attached hydrogen (secondary N) is 1. The molecular weight excluding hydrogens is 254 g/mol. The second kappa shape index (κ2) is 5.49. The molecule has 0 bridgehead atoms. The van der Waals surface area contributed by atoms with Gasteiger partial charge in [0, 0.05) is 0 Å². The maximum absolute atomic E-state index is 11.1. The van der Waals surface area contributed by atoms with Gasteiger partial charge in [-0.3, -0.25) is 4.79 Å². The lowest BCUT2D eigenvalue weighted by atomic mass is 9.99. The summed E-state index contributed by atoms with van der Waals surface area (Å²) in [6.45, 7) is 4.05. The van der Waals surface area contributed by atoms with E-state index in [1.807, 2.05) is 13.8 Å². The Kier molecular flexibility index (Phi) is 4.48. The molecule has 5 nitrogen and oxygen atoms in total. The Labute approximate surface area is 107 Å². The number of hydrogen-bond acceptors (Lipinski definition) is 3. The molecule has 1 rings (SSSR count).